The first-order valence-corrected chi connectivity index (χ1v) is 8.25. The maximum absolute atomic E-state index is 9.72. The van der Waals surface area contributed by atoms with Crippen molar-refractivity contribution < 1.29 is 5.11 Å². The molecule has 1 rings (SSSR count). The third-order valence-corrected chi connectivity index (χ3v) is 4.85. The van der Waals surface area contributed by atoms with Crippen molar-refractivity contribution in [1.82, 2.24) is 9.80 Å². The molecule has 0 saturated heterocycles. The zero-order valence-electron chi connectivity index (χ0n) is 13.3. The van der Waals surface area contributed by atoms with Crippen molar-refractivity contribution in [3.63, 3.8) is 0 Å². The highest BCUT2D eigenvalue weighted by atomic mass is 16.3. The second-order valence-corrected chi connectivity index (χ2v) is 6.11. The zero-order chi connectivity index (χ0) is 14.1. The van der Waals surface area contributed by atoms with Crippen molar-refractivity contribution in [2.45, 2.75) is 52.9 Å². The van der Waals surface area contributed by atoms with Crippen LogP contribution >= 0.6 is 0 Å². The molecule has 1 N–H and O–H groups in total. The lowest BCUT2D eigenvalue weighted by atomic mass is 9.86. The second kappa shape index (κ2) is 8.93. The minimum Gasteiger partial charge on any atom is -0.396 e. The summed E-state index contributed by atoms with van der Waals surface area (Å²) in [7, 11) is 0. The van der Waals surface area contributed by atoms with Gasteiger partial charge in [-0.05, 0) is 52.0 Å². The molecule has 0 aliphatic heterocycles. The van der Waals surface area contributed by atoms with Crippen LogP contribution in [0.3, 0.4) is 0 Å². The molecule has 1 saturated carbocycles. The number of aliphatic hydroxyl groups is 1. The van der Waals surface area contributed by atoms with E-state index in [1.165, 1.54) is 45.2 Å². The van der Waals surface area contributed by atoms with Gasteiger partial charge < -0.3 is 14.9 Å². The Morgan fingerprint density at radius 1 is 0.895 bits per heavy atom. The van der Waals surface area contributed by atoms with Crippen LogP contribution in [0, 0.1) is 5.41 Å². The number of rotatable bonds is 10. The van der Waals surface area contributed by atoms with E-state index in [0.717, 1.165) is 26.2 Å². The van der Waals surface area contributed by atoms with Gasteiger partial charge in [0.15, 0.2) is 0 Å². The van der Waals surface area contributed by atoms with Crippen LogP contribution in [0.4, 0.5) is 0 Å². The van der Waals surface area contributed by atoms with Gasteiger partial charge in [0, 0.05) is 18.6 Å². The Bertz CT molecular complexity index is 223. The monoisotopic (exact) mass is 270 g/mol. The van der Waals surface area contributed by atoms with E-state index in [9.17, 15) is 5.11 Å². The van der Waals surface area contributed by atoms with Crippen molar-refractivity contribution in [3.05, 3.63) is 0 Å². The van der Waals surface area contributed by atoms with Gasteiger partial charge in [0.1, 0.15) is 0 Å². The van der Waals surface area contributed by atoms with Crippen molar-refractivity contribution >= 4 is 0 Å². The van der Waals surface area contributed by atoms with Crippen LogP contribution in [-0.4, -0.2) is 60.8 Å². The molecular formula is C16H34N2O. The highest BCUT2D eigenvalue weighted by Crippen LogP contribution is 2.38. The van der Waals surface area contributed by atoms with E-state index in [4.69, 9.17) is 0 Å². The SMILES string of the molecule is CCN(CC)CCCN(CC)CC1(CO)CCCC1. The molecule has 0 heterocycles. The van der Waals surface area contributed by atoms with Gasteiger partial charge in [-0.15, -0.1) is 0 Å². The standard InChI is InChI=1S/C16H34N2O/c1-4-17(5-2)12-9-13-18(6-3)14-16(15-19)10-7-8-11-16/h19H,4-15H2,1-3H3. The largest absolute Gasteiger partial charge is 0.396 e. The van der Waals surface area contributed by atoms with E-state index in [1.807, 2.05) is 0 Å². The molecule has 1 fully saturated rings. The molecule has 0 unspecified atom stereocenters. The number of hydrogen-bond acceptors (Lipinski definition) is 3. The summed E-state index contributed by atoms with van der Waals surface area (Å²) in [5.74, 6) is 0. The number of nitrogens with zero attached hydrogens (tertiary/aromatic N) is 2. The molecule has 0 aromatic carbocycles. The minimum absolute atomic E-state index is 0.214. The quantitative estimate of drug-likeness (QED) is 0.661. The first-order chi connectivity index (χ1) is 9.19. The third-order valence-electron chi connectivity index (χ3n) is 4.85. The van der Waals surface area contributed by atoms with Gasteiger partial charge in [-0.3, -0.25) is 0 Å². The van der Waals surface area contributed by atoms with Crippen molar-refractivity contribution in [2.24, 2.45) is 5.41 Å². The first-order valence-electron chi connectivity index (χ1n) is 8.25. The lowest BCUT2D eigenvalue weighted by molar-refractivity contribution is 0.0785. The molecule has 0 amide bonds. The Hall–Kier alpha value is -0.120. The van der Waals surface area contributed by atoms with Gasteiger partial charge >= 0.3 is 0 Å². The predicted octanol–water partition coefficient (Wildman–Crippen LogP) is 2.59. The zero-order valence-corrected chi connectivity index (χ0v) is 13.3. The summed E-state index contributed by atoms with van der Waals surface area (Å²) >= 11 is 0. The van der Waals surface area contributed by atoms with Crippen LogP contribution in [0.5, 0.6) is 0 Å². The second-order valence-electron chi connectivity index (χ2n) is 6.11. The molecule has 114 valence electrons. The summed E-state index contributed by atoms with van der Waals surface area (Å²) in [4.78, 5) is 5.04. The van der Waals surface area contributed by atoms with E-state index in [-0.39, 0.29) is 5.41 Å². The summed E-state index contributed by atoms with van der Waals surface area (Å²) in [5, 5.41) is 9.72. The maximum atomic E-state index is 9.72. The molecule has 0 aromatic heterocycles. The molecule has 3 nitrogen and oxygen atoms in total. The Morgan fingerprint density at radius 3 is 1.89 bits per heavy atom. The lowest BCUT2D eigenvalue weighted by Gasteiger charge is -2.33. The Balaban J connectivity index is 2.32. The predicted molar refractivity (Wildman–Crippen MR) is 82.5 cm³/mol. The highest BCUT2D eigenvalue weighted by Gasteiger charge is 2.34. The summed E-state index contributed by atoms with van der Waals surface area (Å²) in [6.07, 6.45) is 6.29. The first kappa shape index (κ1) is 16.9. The van der Waals surface area contributed by atoms with Crippen molar-refractivity contribution in [3.8, 4) is 0 Å². The molecule has 3 heteroatoms. The van der Waals surface area contributed by atoms with E-state index in [2.05, 4.69) is 30.6 Å². The smallest absolute Gasteiger partial charge is 0.0499 e. The fraction of sp³-hybridized carbons (Fsp3) is 1.00. The van der Waals surface area contributed by atoms with Crippen LogP contribution in [-0.2, 0) is 0 Å². The van der Waals surface area contributed by atoms with Crippen molar-refractivity contribution in [2.75, 3.05) is 45.9 Å². The van der Waals surface area contributed by atoms with E-state index in [1.54, 1.807) is 0 Å². The molecular weight excluding hydrogens is 236 g/mol. The molecule has 1 aliphatic rings. The van der Waals surface area contributed by atoms with Gasteiger partial charge in [0.25, 0.3) is 0 Å². The maximum Gasteiger partial charge on any atom is 0.0499 e. The van der Waals surface area contributed by atoms with Crippen LogP contribution in [0.1, 0.15) is 52.9 Å². The van der Waals surface area contributed by atoms with Crippen LogP contribution in [0.2, 0.25) is 0 Å². The van der Waals surface area contributed by atoms with Crippen LogP contribution in [0.25, 0.3) is 0 Å². The number of aliphatic hydroxyl groups excluding tert-OH is 1. The topological polar surface area (TPSA) is 26.7 Å². The van der Waals surface area contributed by atoms with Gasteiger partial charge in [-0.25, -0.2) is 0 Å². The average Bonchev–Trinajstić information content (AvgIpc) is 2.91. The summed E-state index contributed by atoms with van der Waals surface area (Å²) in [5.41, 5.74) is 0.214. The fourth-order valence-corrected chi connectivity index (χ4v) is 3.37. The molecule has 0 aromatic rings. The van der Waals surface area contributed by atoms with Gasteiger partial charge in [0.2, 0.25) is 0 Å². The van der Waals surface area contributed by atoms with Crippen LogP contribution < -0.4 is 0 Å². The van der Waals surface area contributed by atoms with E-state index < -0.39 is 0 Å². The number of hydrogen-bond donors (Lipinski definition) is 1. The molecule has 0 spiro atoms. The van der Waals surface area contributed by atoms with E-state index in [0.29, 0.717) is 6.61 Å². The third kappa shape index (κ3) is 5.41. The molecule has 1 aliphatic carbocycles. The van der Waals surface area contributed by atoms with Gasteiger partial charge in [-0.1, -0.05) is 33.6 Å². The minimum atomic E-state index is 0.214. The van der Waals surface area contributed by atoms with Crippen LogP contribution in [0.15, 0.2) is 0 Å². The average molecular weight is 270 g/mol. The lowest BCUT2D eigenvalue weighted by Crippen LogP contribution is -2.40. The highest BCUT2D eigenvalue weighted by molar-refractivity contribution is 4.87. The molecule has 19 heavy (non-hydrogen) atoms. The summed E-state index contributed by atoms with van der Waals surface area (Å²) in [6.45, 7) is 14.0. The summed E-state index contributed by atoms with van der Waals surface area (Å²) < 4.78 is 0. The molecule has 0 bridgehead atoms. The Kier molecular flexibility index (Phi) is 7.96. The van der Waals surface area contributed by atoms with Gasteiger partial charge in [0.05, 0.1) is 0 Å². The normalized spacial score (nSPS) is 18.6. The van der Waals surface area contributed by atoms with Crippen molar-refractivity contribution in [1.29, 1.82) is 0 Å². The van der Waals surface area contributed by atoms with E-state index >= 15 is 0 Å². The Morgan fingerprint density at radius 2 is 1.42 bits per heavy atom. The Labute approximate surface area is 120 Å². The fourth-order valence-electron chi connectivity index (χ4n) is 3.37. The molecule has 0 radical (unpaired) electrons. The summed E-state index contributed by atoms with van der Waals surface area (Å²) in [6, 6.07) is 0. The molecule has 0 atom stereocenters. The van der Waals surface area contributed by atoms with Gasteiger partial charge in [-0.2, -0.15) is 0 Å².